The van der Waals surface area contributed by atoms with Crippen LogP contribution in [0.1, 0.15) is 5.56 Å². The van der Waals surface area contributed by atoms with Gasteiger partial charge in [0.05, 0.1) is 6.54 Å². The normalized spacial score (nSPS) is 14.3. The fraction of sp³-hybridized carbons (Fsp3) is 0.273. The Bertz CT molecular complexity index is 433. The first-order chi connectivity index (χ1) is 8.24. The van der Waals surface area contributed by atoms with E-state index >= 15 is 0 Å². The van der Waals surface area contributed by atoms with Crippen LogP contribution >= 0.6 is 11.8 Å². The average Bonchev–Trinajstić information content (AvgIpc) is 2.81. The van der Waals surface area contributed by atoms with Gasteiger partial charge in [-0.05, 0) is 17.7 Å². The van der Waals surface area contributed by atoms with Crippen LogP contribution in [0, 0.1) is 5.82 Å². The van der Waals surface area contributed by atoms with Crippen molar-refractivity contribution in [2.24, 2.45) is 4.99 Å². The molecule has 0 fully saturated rings. The van der Waals surface area contributed by atoms with Crippen LogP contribution in [0.15, 0.2) is 29.3 Å². The summed E-state index contributed by atoms with van der Waals surface area (Å²) in [5.41, 5.74) is 0.850. The lowest BCUT2D eigenvalue weighted by Gasteiger charge is -2.06. The van der Waals surface area contributed by atoms with Crippen molar-refractivity contribution in [1.29, 1.82) is 0 Å². The fourth-order valence-electron chi connectivity index (χ4n) is 1.34. The standard InChI is InChI=1S/C11H12FN3OS/c12-9-3-1-8(2-4-9)7-14-10(16)15-11-13-5-6-17-11/h1-4H,5-7H2,(H2,13,14,15,16). The van der Waals surface area contributed by atoms with Crippen LogP contribution in [-0.4, -0.2) is 23.5 Å². The molecule has 1 aliphatic heterocycles. The maximum absolute atomic E-state index is 12.6. The summed E-state index contributed by atoms with van der Waals surface area (Å²) in [5.74, 6) is 0.628. The zero-order valence-corrected chi connectivity index (χ0v) is 9.89. The van der Waals surface area contributed by atoms with Crippen LogP contribution in [-0.2, 0) is 6.54 Å². The van der Waals surface area contributed by atoms with Gasteiger partial charge in [-0.2, -0.15) is 0 Å². The van der Waals surface area contributed by atoms with Gasteiger partial charge in [-0.1, -0.05) is 23.9 Å². The molecule has 2 amide bonds. The number of amides is 2. The number of hydrogen-bond acceptors (Lipinski definition) is 3. The Morgan fingerprint density at radius 3 is 2.82 bits per heavy atom. The second-order valence-corrected chi connectivity index (χ2v) is 4.55. The highest BCUT2D eigenvalue weighted by molar-refractivity contribution is 8.14. The Hall–Kier alpha value is -1.56. The number of aliphatic imine (C=N–C) groups is 1. The second-order valence-electron chi connectivity index (χ2n) is 3.47. The highest BCUT2D eigenvalue weighted by Crippen LogP contribution is 2.08. The quantitative estimate of drug-likeness (QED) is 0.843. The van der Waals surface area contributed by atoms with Gasteiger partial charge in [0.15, 0.2) is 5.17 Å². The van der Waals surface area contributed by atoms with Gasteiger partial charge in [-0.3, -0.25) is 10.3 Å². The lowest BCUT2D eigenvalue weighted by molar-refractivity contribution is 0.245. The summed E-state index contributed by atoms with van der Waals surface area (Å²) in [7, 11) is 0. The first kappa shape index (κ1) is 11.9. The summed E-state index contributed by atoms with van der Waals surface area (Å²) < 4.78 is 12.6. The maximum Gasteiger partial charge on any atom is 0.321 e. The molecule has 0 aromatic heterocycles. The van der Waals surface area contributed by atoms with Gasteiger partial charge < -0.3 is 5.32 Å². The molecule has 0 saturated carbocycles. The van der Waals surface area contributed by atoms with Crippen LogP contribution in [0.4, 0.5) is 9.18 Å². The summed E-state index contributed by atoms with van der Waals surface area (Å²) >= 11 is 1.52. The number of carbonyl (C=O) groups excluding carboxylic acids is 1. The SMILES string of the molecule is O=C(NCc1ccc(F)cc1)NC1=NCCS1. The van der Waals surface area contributed by atoms with Gasteiger partial charge in [0.1, 0.15) is 5.82 Å². The zero-order valence-electron chi connectivity index (χ0n) is 9.07. The largest absolute Gasteiger partial charge is 0.334 e. The van der Waals surface area contributed by atoms with E-state index in [-0.39, 0.29) is 11.8 Å². The highest BCUT2D eigenvalue weighted by Gasteiger charge is 2.09. The van der Waals surface area contributed by atoms with Crippen LogP contribution in [0.5, 0.6) is 0 Å². The summed E-state index contributed by atoms with van der Waals surface area (Å²) in [4.78, 5) is 15.5. The number of thioether (sulfide) groups is 1. The number of nitrogens with zero attached hydrogens (tertiary/aromatic N) is 1. The predicted octanol–water partition coefficient (Wildman–Crippen LogP) is 1.73. The molecular weight excluding hydrogens is 241 g/mol. The van der Waals surface area contributed by atoms with Crippen molar-refractivity contribution in [3.8, 4) is 0 Å². The summed E-state index contributed by atoms with van der Waals surface area (Å²) in [6.45, 7) is 1.11. The lowest BCUT2D eigenvalue weighted by Crippen LogP contribution is -2.37. The highest BCUT2D eigenvalue weighted by atomic mass is 32.2. The minimum absolute atomic E-state index is 0.282. The van der Waals surface area contributed by atoms with Crippen molar-refractivity contribution in [2.45, 2.75) is 6.54 Å². The number of halogens is 1. The molecule has 0 unspecified atom stereocenters. The van der Waals surface area contributed by atoms with Gasteiger partial charge >= 0.3 is 6.03 Å². The molecular formula is C11H12FN3OS. The molecule has 17 heavy (non-hydrogen) atoms. The summed E-state index contributed by atoms with van der Waals surface area (Å²) in [5, 5.41) is 5.98. The van der Waals surface area contributed by atoms with Gasteiger partial charge in [0.2, 0.25) is 0 Å². The monoisotopic (exact) mass is 253 g/mol. The van der Waals surface area contributed by atoms with Crippen molar-refractivity contribution in [3.05, 3.63) is 35.6 Å². The molecule has 0 bridgehead atoms. The maximum atomic E-state index is 12.6. The second kappa shape index (κ2) is 5.67. The Morgan fingerprint density at radius 2 is 2.18 bits per heavy atom. The van der Waals surface area contributed by atoms with Crippen LogP contribution in [0.2, 0.25) is 0 Å². The van der Waals surface area contributed by atoms with E-state index in [2.05, 4.69) is 15.6 Å². The fourth-order valence-corrected chi connectivity index (χ4v) is 2.06. The van der Waals surface area contributed by atoms with Crippen molar-refractivity contribution < 1.29 is 9.18 Å². The summed E-state index contributed by atoms with van der Waals surface area (Å²) in [6.07, 6.45) is 0. The molecule has 2 rings (SSSR count). The molecule has 0 atom stereocenters. The average molecular weight is 253 g/mol. The first-order valence-corrected chi connectivity index (χ1v) is 6.19. The van der Waals surface area contributed by atoms with E-state index in [1.165, 1.54) is 23.9 Å². The van der Waals surface area contributed by atoms with E-state index in [1.54, 1.807) is 12.1 Å². The van der Waals surface area contributed by atoms with Gasteiger partial charge in [-0.15, -0.1) is 0 Å². The van der Waals surface area contributed by atoms with E-state index in [9.17, 15) is 9.18 Å². The third-order valence-corrected chi connectivity index (χ3v) is 3.06. The van der Waals surface area contributed by atoms with Gasteiger partial charge in [-0.25, -0.2) is 9.18 Å². The third-order valence-electron chi connectivity index (χ3n) is 2.17. The van der Waals surface area contributed by atoms with Crippen molar-refractivity contribution in [1.82, 2.24) is 10.6 Å². The summed E-state index contributed by atoms with van der Waals surface area (Å²) in [6, 6.07) is 5.72. The molecule has 1 aliphatic rings. The molecule has 2 N–H and O–H groups in total. The number of urea groups is 1. The van der Waals surface area contributed by atoms with E-state index in [0.29, 0.717) is 11.7 Å². The number of rotatable bonds is 2. The Morgan fingerprint density at radius 1 is 1.41 bits per heavy atom. The smallest absolute Gasteiger partial charge is 0.321 e. The molecule has 0 saturated heterocycles. The number of amidine groups is 1. The molecule has 1 aromatic carbocycles. The first-order valence-electron chi connectivity index (χ1n) is 5.20. The number of benzene rings is 1. The molecule has 1 aromatic rings. The zero-order chi connectivity index (χ0) is 12.1. The molecule has 0 radical (unpaired) electrons. The molecule has 4 nitrogen and oxygen atoms in total. The molecule has 0 spiro atoms. The number of carbonyl (C=O) groups is 1. The van der Waals surface area contributed by atoms with E-state index in [4.69, 9.17) is 0 Å². The van der Waals surface area contributed by atoms with Crippen LogP contribution in [0.25, 0.3) is 0 Å². The Labute approximate surface area is 103 Å². The van der Waals surface area contributed by atoms with Crippen LogP contribution in [0.3, 0.4) is 0 Å². The molecule has 1 heterocycles. The van der Waals surface area contributed by atoms with E-state index < -0.39 is 0 Å². The molecule has 6 heteroatoms. The van der Waals surface area contributed by atoms with Crippen molar-refractivity contribution >= 4 is 23.0 Å². The molecule has 0 aliphatic carbocycles. The van der Waals surface area contributed by atoms with Gasteiger partial charge in [0, 0.05) is 12.3 Å². The Kier molecular flexibility index (Phi) is 3.98. The van der Waals surface area contributed by atoms with Crippen molar-refractivity contribution in [3.63, 3.8) is 0 Å². The predicted molar refractivity (Wildman–Crippen MR) is 66.5 cm³/mol. The minimum Gasteiger partial charge on any atom is -0.334 e. The van der Waals surface area contributed by atoms with E-state index in [1.807, 2.05) is 0 Å². The Balaban J connectivity index is 1.77. The topological polar surface area (TPSA) is 53.5 Å². The van der Waals surface area contributed by atoms with Crippen molar-refractivity contribution in [2.75, 3.05) is 12.3 Å². The van der Waals surface area contributed by atoms with E-state index in [0.717, 1.165) is 17.9 Å². The van der Waals surface area contributed by atoms with Gasteiger partial charge in [0.25, 0.3) is 0 Å². The number of nitrogens with one attached hydrogen (secondary N) is 2. The third kappa shape index (κ3) is 3.74. The molecule has 90 valence electrons. The van der Waals surface area contributed by atoms with Crippen LogP contribution < -0.4 is 10.6 Å². The lowest BCUT2D eigenvalue weighted by atomic mass is 10.2. The number of hydrogen-bond donors (Lipinski definition) is 2. The minimum atomic E-state index is -0.289.